The monoisotopic (exact) mass is 416 g/mol. The second-order valence-electron chi connectivity index (χ2n) is 7.98. The average molecular weight is 417 g/mol. The van der Waals surface area contributed by atoms with Crippen molar-refractivity contribution in [1.29, 1.82) is 0 Å². The first-order valence-electron chi connectivity index (χ1n) is 9.89. The fraction of sp³-hybridized carbons (Fsp3) is 0.409. The fourth-order valence-electron chi connectivity index (χ4n) is 3.47. The Morgan fingerprint density at radius 3 is 2.21 bits per heavy atom. The van der Waals surface area contributed by atoms with Crippen LogP contribution in [0.4, 0.5) is 5.69 Å². The van der Waals surface area contributed by atoms with Crippen LogP contribution in [0.3, 0.4) is 0 Å². The maximum atomic E-state index is 12.7. The van der Waals surface area contributed by atoms with E-state index >= 15 is 0 Å². The number of rotatable bonds is 5. The van der Waals surface area contributed by atoms with Crippen molar-refractivity contribution in [2.75, 3.05) is 43.8 Å². The third-order valence-electron chi connectivity index (χ3n) is 5.61. The van der Waals surface area contributed by atoms with Crippen LogP contribution in [-0.4, -0.2) is 58.7 Å². The zero-order valence-corrected chi connectivity index (χ0v) is 18.4. The van der Waals surface area contributed by atoms with Crippen LogP contribution in [-0.2, 0) is 16.6 Å². The summed E-state index contributed by atoms with van der Waals surface area (Å²) in [4.78, 5) is 16.0. The zero-order chi connectivity index (χ0) is 21.2. The predicted octanol–water partition coefficient (Wildman–Crippen LogP) is 1.24. The Kier molecular flexibility index (Phi) is 6.29. The highest BCUT2D eigenvalue weighted by atomic mass is 32.2. The molecular formula is C22H30N3O3S+. The second-order valence-corrected chi connectivity index (χ2v) is 9.89. The van der Waals surface area contributed by atoms with Crippen LogP contribution in [0, 0.1) is 13.8 Å². The van der Waals surface area contributed by atoms with Crippen molar-refractivity contribution in [1.82, 2.24) is 4.90 Å². The first kappa shape index (κ1) is 21.3. The minimum atomic E-state index is -3.44. The summed E-state index contributed by atoms with van der Waals surface area (Å²) < 4.78 is 26.2. The van der Waals surface area contributed by atoms with Gasteiger partial charge in [-0.25, -0.2) is 8.42 Å². The van der Waals surface area contributed by atoms with E-state index in [1.54, 1.807) is 12.1 Å². The van der Waals surface area contributed by atoms with Gasteiger partial charge in [0, 0.05) is 5.56 Å². The molecule has 1 amide bonds. The van der Waals surface area contributed by atoms with E-state index < -0.39 is 10.0 Å². The highest BCUT2D eigenvalue weighted by molar-refractivity contribution is 7.92. The molecule has 2 aromatic carbocycles. The summed E-state index contributed by atoms with van der Waals surface area (Å²) >= 11 is 0. The molecule has 0 saturated carbocycles. The molecule has 1 N–H and O–H groups in total. The molecule has 0 radical (unpaired) electrons. The van der Waals surface area contributed by atoms with Gasteiger partial charge in [0.2, 0.25) is 10.0 Å². The number of carbonyl (C=O) groups excluding carboxylic acids is 1. The molecular weight excluding hydrogens is 386 g/mol. The average Bonchev–Trinajstić information content (AvgIpc) is 2.68. The Morgan fingerprint density at radius 2 is 1.66 bits per heavy atom. The summed E-state index contributed by atoms with van der Waals surface area (Å²) in [6, 6.07) is 12.9. The van der Waals surface area contributed by atoms with Gasteiger partial charge in [0.25, 0.3) is 5.91 Å². The lowest BCUT2D eigenvalue weighted by Gasteiger charge is -2.30. The van der Waals surface area contributed by atoms with Gasteiger partial charge < -0.3 is 9.80 Å². The summed E-state index contributed by atoms with van der Waals surface area (Å²) in [5.41, 5.74) is 4.30. The molecule has 2 aromatic rings. The van der Waals surface area contributed by atoms with Crippen LogP contribution in [0.5, 0.6) is 0 Å². The number of carbonyl (C=O) groups is 1. The van der Waals surface area contributed by atoms with E-state index in [0.717, 1.165) is 42.9 Å². The van der Waals surface area contributed by atoms with Gasteiger partial charge in [0.05, 0.1) is 51.7 Å². The van der Waals surface area contributed by atoms with Crippen LogP contribution in [0.1, 0.15) is 27.0 Å². The predicted molar refractivity (Wildman–Crippen MR) is 116 cm³/mol. The van der Waals surface area contributed by atoms with E-state index in [9.17, 15) is 13.2 Å². The van der Waals surface area contributed by atoms with Crippen molar-refractivity contribution in [3.05, 3.63) is 64.7 Å². The summed E-state index contributed by atoms with van der Waals surface area (Å²) in [6.07, 6.45) is 1.22. The molecule has 156 valence electrons. The van der Waals surface area contributed by atoms with Crippen LogP contribution < -0.4 is 9.21 Å². The number of sulfonamides is 1. The summed E-state index contributed by atoms with van der Waals surface area (Å²) in [7, 11) is -1.30. The third kappa shape index (κ3) is 5.16. The van der Waals surface area contributed by atoms with Gasteiger partial charge in [-0.1, -0.05) is 18.2 Å². The molecule has 0 aromatic heterocycles. The largest absolute Gasteiger partial charge is 0.334 e. The van der Waals surface area contributed by atoms with E-state index in [1.165, 1.54) is 15.5 Å². The summed E-state index contributed by atoms with van der Waals surface area (Å²) in [5, 5.41) is 0. The SMILES string of the molecule is Cc1ccc(N(Cc2ccc(C(=O)N3CC[NH+](C)CC3)cc2)S(C)(=O)=O)cc1C. The number of likely N-dealkylation sites (N-methyl/N-ethyl adjacent to an activating group) is 1. The normalized spacial score (nSPS) is 15.4. The van der Waals surface area contributed by atoms with Gasteiger partial charge in [0.1, 0.15) is 0 Å². The molecule has 1 fully saturated rings. The lowest BCUT2D eigenvalue weighted by atomic mass is 10.1. The quantitative estimate of drug-likeness (QED) is 0.798. The van der Waals surface area contributed by atoms with Gasteiger partial charge in [-0.3, -0.25) is 9.10 Å². The first-order chi connectivity index (χ1) is 13.6. The topological polar surface area (TPSA) is 62.1 Å². The lowest BCUT2D eigenvalue weighted by Crippen LogP contribution is -3.12. The molecule has 1 aliphatic heterocycles. The number of hydrogen-bond donors (Lipinski definition) is 1. The number of anilines is 1. The lowest BCUT2D eigenvalue weighted by molar-refractivity contribution is -0.883. The molecule has 3 rings (SSSR count). The number of piperazine rings is 1. The molecule has 1 saturated heterocycles. The van der Waals surface area contributed by atoms with Crippen LogP contribution in [0.15, 0.2) is 42.5 Å². The second kappa shape index (κ2) is 8.55. The van der Waals surface area contributed by atoms with Gasteiger partial charge in [-0.15, -0.1) is 0 Å². The van der Waals surface area contributed by atoms with Crippen molar-refractivity contribution < 1.29 is 18.1 Å². The number of amides is 1. The molecule has 0 bridgehead atoms. The summed E-state index contributed by atoms with van der Waals surface area (Å²) in [5.74, 6) is 0.0400. The fourth-order valence-corrected chi connectivity index (χ4v) is 4.35. The third-order valence-corrected chi connectivity index (χ3v) is 6.75. The van der Waals surface area contributed by atoms with E-state index in [4.69, 9.17) is 0 Å². The van der Waals surface area contributed by atoms with Gasteiger partial charge in [-0.2, -0.15) is 0 Å². The van der Waals surface area contributed by atoms with Gasteiger partial charge in [-0.05, 0) is 54.8 Å². The van der Waals surface area contributed by atoms with Crippen molar-refractivity contribution in [2.24, 2.45) is 0 Å². The van der Waals surface area contributed by atoms with Crippen LogP contribution in [0.2, 0.25) is 0 Å². The summed E-state index contributed by atoms with van der Waals surface area (Å²) in [6.45, 7) is 7.66. The molecule has 0 aliphatic carbocycles. The Balaban J connectivity index is 1.77. The molecule has 0 spiro atoms. The van der Waals surface area contributed by atoms with E-state index in [-0.39, 0.29) is 12.5 Å². The van der Waals surface area contributed by atoms with Gasteiger partial charge >= 0.3 is 0 Å². The Hall–Kier alpha value is -2.38. The number of benzene rings is 2. The molecule has 0 unspecified atom stereocenters. The number of quaternary nitrogens is 1. The minimum Gasteiger partial charge on any atom is -0.334 e. The highest BCUT2D eigenvalue weighted by Crippen LogP contribution is 2.23. The van der Waals surface area contributed by atoms with E-state index in [1.807, 2.05) is 49.1 Å². The number of aryl methyl sites for hydroxylation is 2. The Labute approximate surface area is 173 Å². The first-order valence-corrected chi connectivity index (χ1v) is 11.7. The number of hydrogen-bond acceptors (Lipinski definition) is 3. The maximum absolute atomic E-state index is 12.7. The molecule has 6 nitrogen and oxygen atoms in total. The standard InChI is InChI=1S/C22H29N3O3S/c1-17-5-10-21(15-18(17)2)25(29(4,27)28)16-19-6-8-20(9-7-19)22(26)24-13-11-23(3)12-14-24/h5-10,15H,11-14,16H2,1-4H3/p+1. The number of nitrogens with one attached hydrogen (secondary N) is 1. The van der Waals surface area contributed by atoms with E-state index in [0.29, 0.717) is 11.3 Å². The van der Waals surface area contributed by atoms with Crippen LogP contribution in [0.25, 0.3) is 0 Å². The maximum Gasteiger partial charge on any atom is 0.254 e. The minimum absolute atomic E-state index is 0.0400. The van der Waals surface area contributed by atoms with Crippen molar-refractivity contribution in [3.63, 3.8) is 0 Å². The molecule has 0 atom stereocenters. The zero-order valence-electron chi connectivity index (χ0n) is 17.6. The Bertz CT molecular complexity index is 979. The van der Waals surface area contributed by atoms with Crippen LogP contribution >= 0.6 is 0 Å². The van der Waals surface area contributed by atoms with Crippen molar-refractivity contribution >= 4 is 21.6 Å². The molecule has 29 heavy (non-hydrogen) atoms. The number of nitrogens with zero attached hydrogens (tertiary/aromatic N) is 2. The van der Waals surface area contributed by atoms with E-state index in [2.05, 4.69) is 7.05 Å². The van der Waals surface area contributed by atoms with Gasteiger partial charge in [0.15, 0.2) is 0 Å². The molecule has 7 heteroatoms. The van der Waals surface area contributed by atoms with Crippen molar-refractivity contribution in [2.45, 2.75) is 20.4 Å². The molecule has 1 heterocycles. The smallest absolute Gasteiger partial charge is 0.254 e. The Morgan fingerprint density at radius 1 is 1.03 bits per heavy atom. The molecule has 1 aliphatic rings. The highest BCUT2D eigenvalue weighted by Gasteiger charge is 2.23. The van der Waals surface area contributed by atoms with Crippen molar-refractivity contribution in [3.8, 4) is 0 Å².